The van der Waals surface area contributed by atoms with Crippen LogP contribution >= 0.6 is 35.4 Å². The number of benzene rings is 2. The molecule has 0 radical (unpaired) electrons. The Morgan fingerprint density at radius 1 is 1.06 bits per heavy atom. The van der Waals surface area contributed by atoms with E-state index in [4.69, 9.17) is 39.8 Å². The predicted octanol–water partition coefficient (Wildman–Crippen LogP) is 4.99. The lowest BCUT2D eigenvalue weighted by Crippen LogP contribution is -2.54. The molecule has 2 heterocycles. The Morgan fingerprint density at radius 3 is 2.56 bits per heavy atom. The van der Waals surface area contributed by atoms with Crippen LogP contribution in [0, 0.1) is 10.1 Å². The van der Waals surface area contributed by atoms with Gasteiger partial charge in [-0.3, -0.25) is 29.9 Å². The highest BCUT2D eigenvalue weighted by Crippen LogP contribution is 2.35. The molecule has 160 valence electrons. The monoisotopic (exact) mass is 487 g/mol. The van der Waals surface area contributed by atoms with Crippen LogP contribution in [-0.2, 0) is 9.59 Å². The number of anilines is 1. The Kier molecular flexibility index (Phi) is 5.79. The highest BCUT2D eigenvalue weighted by Gasteiger charge is 2.36. The Hall–Kier alpha value is -3.53. The Balaban J connectivity index is 1.72. The smallest absolute Gasteiger partial charge is 0.280 e. The van der Waals surface area contributed by atoms with Crippen molar-refractivity contribution in [3.8, 4) is 11.3 Å². The SMILES string of the molecule is O=C1NC(=S)N(c2cccc(Cl)c2Cl)C(=O)/C1=C\c1ccc(-c2ccccc2[N+](=O)[O-])o1. The number of amides is 2. The number of nitro groups is 1. The number of furan rings is 1. The van der Waals surface area contributed by atoms with Crippen molar-refractivity contribution in [3.63, 3.8) is 0 Å². The van der Waals surface area contributed by atoms with Crippen molar-refractivity contribution in [1.29, 1.82) is 0 Å². The van der Waals surface area contributed by atoms with Crippen LogP contribution in [-0.4, -0.2) is 21.9 Å². The zero-order valence-corrected chi connectivity index (χ0v) is 18.2. The van der Waals surface area contributed by atoms with E-state index in [1.54, 1.807) is 18.2 Å². The van der Waals surface area contributed by atoms with Crippen molar-refractivity contribution in [2.75, 3.05) is 4.90 Å². The van der Waals surface area contributed by atoms with Gasteiger partial charge in [0.05, 0.1) is 26.2 Å². The first kappa shape index (κ1) is 21.7. The van der Waals surface area contributed by atoms with Gasteiger partial charge in [0.15, 0.2) is 5.11 Å². The quantitative estimate of drug-likeness (QED) is 0.182. The standard InChI is InChI=1S/C21H11Cl2N3O5S/c22-14-5-3-7-16(18(14)23)25-20(28)13(19(27)24-21(25)32)10-11-8-9-17(31-11)12-4-1-2-6-15(12)26(29)30/h1-10H,(H,24,27,32)/b13-10-. The lowest BCUT2D eigenvalue weighted by molar-refractivity contribution is -0.384. The molecule has 1 saturated heterocycles. The van der Waals surface area contributed by atoms with E-state index < -0.39 is 16.7 Å². The number of hydrogen-bond acceptors (Lipinski definition) is 6. The first-order valence-electron chi connectivity index (χ1n) is 8.97. The molecule has 0 saturated carbocycles. The number of para-hydroxylation sites is 1. The summed E-state index contributed by atoms with van der Waals surface area (Å²) in [5, 5.41) is 13.9. The van der Waals surface area contributed by atoms with Gasteiger partial charge < -0.3 is 4.42 Å². The van der Waals surface area contributed by atoms with Crippen LogP contribution in [0.2, 0.25) is 10.0 Å². The highest BCUT2D eigenvalue weighted by atomic mass is 35.5. The maximum atomic E-state index is 13.1. The van der Waals surface area contributed by atoms with Gasteiger partial charge in [0.2, 0.25) is 0 Å². The van der Waals surface area contributed by atoms with Crippen LogP contribution in [0.15, 0.2) is 64.6 Å². The number of hydrogen-bond donors (Lipinski definition) is 1. The molecule has 4 rings (SSSR count). The molecule has 1 N–H and O–H groups in total. The van der Waals surface area contributed by atoms with Crippen LogP contribution in [0.3, 0.4) is 0 Å². The van der Waals surface area contributed by atoms with Crippen molar-refractivity contribution < 1.29 is 18.9 Å². The lowest BCUT2D eigenvalue weighted by atomic mass is 10.1. The van der Waals surface area contributed by atoms with E-state index >= 15 is 0 Å². The Bertz CT molecular complexity index is 1330. The van der Waals surface area contributed by atoms with Crippen LogP contribution in [0.25, 0.3) is 17.4 Å². The number of rotatable bonds is 4. The minimum Gasteiger partial charge on any atom is -0.456 e. The van der Waals surface area contributed by atoms with Gasteiger partial charge in [-0.2, -0.15) is 0 Å². The fourth-order valence-electron chi connectivity index (χ4n) is 3.10. The zero-order chi connectivity index (χ0) is 23.0. The average molecular weight is 488 g/mol. The van der Waals surface area contributed by atoms with Gasteiger partial charge >= 0.3 is 0 Å². The molecule has 3 aromatic rings. The first-order chi connectivity index (χ1) is 15.3. The molecule has 2 amide bonds. The van der Waals surface area contributed by atoms with Crippen LogP contribution in [0.5, 0.6) is 0 Å². The van der Waals surface area contributed by atoms with E-state index in [2.05, 4.69) is 5.32 Å². The van der Waals surface area contributed by atoms with Crippen LogP contribution < -0.4 is 10.2 Å². The van der Waals surface area contributed by atoms with Gasteiger partial charge in [-0.1, -0.05) is 41.4 Å². The van der Waals surface area contributed by atoms with E-state index in [0.717, 1.165) is 4.90 Å². The van der Waals surface area contributed by atoms with Gasteiger partial charge in [0.1, 0.15) is 17.1 Å². The van der Waals surface area contributed by atoms with E-state index in [1.165, 1.54) is 42.5 Å². The van der Waals surface area contributed by atoms with Crippen molar-refractivity contribution >= 4 is 69.8 Å². The molecule has 0 aliphatic carbocycles. The largest absolute Gasteiger partial charge is 0.456 e. The van der Waals surface area contributed by atoms with Gasteiger partial charge in [0, 0.05) is 6.07 Å². The summed E-state index contributed by atoms with van der Waals surface area (Å²) < 4.78 is 5.66. The summed E-state index contributed by atoms with van der Waals surface area (Å²) in [6.07, 6.45) is 1.23. The summed E-state index contributed by atoms with van der Waals surface area (Å²) in [6, 6.07) is 13.7. The van der Waals surface area contributed by atoms with Crippen LogP contribution in [0.1, 0.15) is 5.76 Å². The second-order valence-corrected chi connectivity index (χ2v) is 7.68. The molecule has 8 nitrogen and oxygen atoms in total. The maximum absolute atomic E-state index is 13.1. The molecular weight excluding hydrogens is 477 g/mol. The molecule has 0 atom stereocenters. The minimum atomic E-state index is -0.730. The third-order valence-electron chi connectivity index (χ3n) is 4.55. The van der Waals surface area contributed by atoms with Crippen molar-refractivity contribution in [1.82, 2.24) is 5.32 Å². The molecule has 0 unspecified atom stereocenters. The number of thiocarbonyl (C=S) groups is 1. The number of carbonyl (C=O) groups excluding carboxylic acids is 2. The number of nitrogens with zero attached hydrogens (tertiary/aromatic N) is 2. The number of halogens is 2. The van der Waals surface area contributed by atoms with Crippen molar-refractivity contribution in [3.05, 3.63) is 86.1 Å². The van der Waals surface area contributed by atoms with Gasteiger partial charge in [-0.15, -0.1) is 0 Å². The fourth-order valence-corrected chi connectivity index (χ4v) is 3.75. The number of nitro benzene ring substituents is 1. The molecule has 2 aromatic carbocycles. The predicted molar refractivity (Wildman–Crippen MR) is 123 cm³/mol. The number of nitrogens with one attached hydrogen (secondary N) is 1. The van der Waals surface area contributed by atoms with Crippen molar-refractivity contribution in [2.24, 2.45) is 0 Å². The second kappa shape index (κ2) is 8.54. The summed E-state index contributed by atoms with van der Waals surface area (Å²) in [5.41, 5.74) is 0.0629. The average Bonchev–Trinajstić information content (AvgIpc) is 3.22. The summed E-state index contributed by atoms with van der Waals surface area (Å²) in [5.74, 6) is -1.11. The van der Waals surface area contributed by atoms with E-state index in [0.29, 0.717) is 0 Å². The molecule has 1 aromatic heterocycles. The Labute approximate surface area is 196 Å². The maximum Gasteiger partial charge on any atom is 0.280 e. The van der Waals surface area contributed by atoms with Crippen LogP contribution in [0.4, 0.5) is 11.4 Å². The second-order valence-electron chi connectivity index (χ2n) is 6.51. The summed E-state index contributed by atoms with van der Waals surface area (Å²) in [4.78, 5) is 37.4. The molecule has 11 heteroatoms. The molecular formula is C21H11Cl2N3O5S. The first-order valence-corrected chi connectivity index (χ1v) is 10.1. The summed E-state index contributed by atoms with van der Waals surface area (Å²) >= 11 is 17.4. The fraction of sp³-hybridized carbons (Fsp3) is 0. The van der Waals surface area contributed by atoms with Crippen molar-refractivity contribution in [2.45, 2.75) is 0 Å². The molecule has 1 aliphatic heterocycles. The van der Waals surface area contributed by atoms with Gasteiger partial charge in [-0.05, 0) is 48.6 Å². The normalized spacial score (nSPS) is 15.2. The van der Waals surface area contributed by atoms with E-state index in [-0.39, 0.29) is 49.2 Å². The summed E-state index contributed by atoms with van der Waals surface area (Å²) in [6.45, 7) is 0. The third-order valence-corrected chi connectivity index (χ3v) is 5.65. The molecule has 0 bridgehead atoms. The highest BCUT2D eigenvalue weighted by molar-refractivity contribution is 7.80. The summed E-state index contributed by atoms with van der Waals surface area (Å²) in [7, 11) is 0. The van der Waals surface area contributed by atoms with Gasteiger partial charge in [0.25, 0.3) is 17.5 Å². The molecule has 0 spiro atoms. The number of carbonyl (C=O) groups is 2. The third kappa shape index (κ3) is 3.89. The molecule has 32 heavy (non-hydrogen) atoms. The molecule has 1 fully saturated rings. The zero-order valence-electron chi connectivity index (χ0n) is 15.9. The Morgan fingerprint density at radius 2 is 1.81 bits per heavy atom. The van der Waals surface area contributed by atoms with E-state index in [9.17, 15) is 19.7 Å². The topological polar surface area (TPSA) is 106 Å². The molecule has 1 aliphatic rings. The minimum absolute atomic E-state index is 0.0945. The lowest BCUT2D eigenvalue weighted by Gasteiger charge is -2.29. The van der Waals surface area contributed by atoms with Gasteiger partial charge in [-0.25, -0.2) is 0 Å². The van der Waals surface area contributed by atoms with E-state index in [1.807, 2.05) is 0 Å².